The first-order valence-corrected chi connectivity index (χ1v) is 14.2. The highest BCUT2D eigenvalue weighted by Gasteiger charge is 2.25. The maximum Gasteiger partial charge on any atom is 0.348 e. The van der Waals surface area contributed by atoms with Gasteiger partial charge >= 0.3 is 5.63 Å². The van der Waals surface area contributed by atoms with Gasteiger partial charge in [0, 0.05) is 36.7 Å². The number of nitrogens with zero attached hydrogens (tertiary/aromatic N) is 2. The van der Waals surface area contributed by atoms with Crippen molar-refractivity contribution in [3.63, 3.8) is 0 Å². The number of hydrogen-bond acceptors (Lipinski definition) is 6. The Hall–Kier alpha value is -4.43. The molecule has 8 heteroatoms. The van der Waals surface area contributed by atoms with Crippen LogP contribution in [0.4, 0.5) is 11.7 Å². The van der Waals surface area contributed by atoms with Crippen molar-refractivity contribution in [2.75, 3.05) is 17.7 Å². The van der Waals surface area contributed by atoms with Crippen molar-refractivity contribution in [2.24, 2.45) is 0 Å². The number of amides is 1. The quantitative estimate of drug-likeness (QED) is 0.186. The Labute approximate surface area is 247 Å². The molecule has 0 spiro atoms. The van der Waals surface area contributed by atoms with E-state index in [4.69, 9.17) is 4.42 Å². The number of likely N-dealkylation sites (N-methyl/N-ethyl adjacent to an activating group) is 1. The second-order valence-corrected chi connectivity index (χ2v) is 10.8. The average Bonchev–Trinajstić information content (AvgIpc) is 2.99. The molecule has 0 bridgehead atoms. The highest BCUT2D eigenvalue weighted by molar-refractivity contribution is 9.10. The van der Waals surface area contributed by atoms with E-state index in [1.54, 1.807) is 11.9 Å². The summed E-state index contributed by atoms with van der Waals surface area (Å²) in [6.45, 7) is 2.93. The molecule has 0 unspecified atom stereocenters. The third-order valence-electron chi connectivity index (χ3n) is 6.96. The largest absolute Gasteiger partial charge is 0.389 e. The number of anilines is 2. The molecule has 1 aromatic heterocycles. The minimum absolute atomic E-state index is 0.00464. The van der Waals surface area contributed by atoms with E-state index >= 15 is 0 Å². The first kappa shape index (κ1) is 28.1. The minimum Gasteiger partial charge on any atom is -0.389 e. The molecule has 1 amide bonds. The van der Waals surface area contributed by atoms with Crippen LogP contribution in [0.1, 0.15) is 22.3 Å². The molecule has 41 heavy (non-hydrogen) atoms. The molecule has 1 heterocycles. The summed E-state index contributed by atoms with van der Waals surface area (Å²) in [5.74, 6) is -0.141. The predicted octanol–water partition coefficient (Wildman–Crippen LogP) is 6.55. The average molecular weight is 612 g/mol. The highest BCUT2D eigenvalue weighted by Crippen LogP contribution is 2.31. The maximum absolute atomic E-state index is 13.7. The fraction of sp³-hybridized carbons (Fsp3) is 0.182. The van der Waals surface area contributed by atoms with E-state index in [2.05, 4.69) is 31.5 Å². The molecule has 5 aromatic rings. The Bertz CT molecular complexity index is 1690. The van der Waals surface area contributed by atoms with Crippen LogP contribution in [0.2, 0.25) is 0 Å². The third-order valence-corrected chi connectivity index (χ3v) is 7.57. The zero-order valence-electron chi connectivity index (χ0n) is 22.9. The van der Waals surface area contributed by atoms with Crippen LogP contribution in [-0.2, 0) is 24.3 Å². The Morgan fingerprint density at radius 1 is 0.927 bits per heavy atom. The molecule has 7 nitrogen and oxygen atoms in total. The lowest BCUT2D eigenvalue weighted by Gasteiger charge is -2.25. The zero-order chi connectivity index (χ0) is 28.8. The number of fused-ring (bicyclic) bond motifs is 1. The first-order chi connectivity index (χ1) is 19.9. The summed E-state index contributed by atoms with van der Waals surface area (Å²) in [5, 5.41) is 6.92. The molecule has 5 rings (SSSR count). The molecule has 208 valence electrons. The van der Waals surface area contributed by atoms with Gasteiger partial charge in [-0.05, 0) is 51.2 Å². The summed E-state index contributed by atoms with van der Waals surface area (Å²) in [6.07, 6.45) is 0.394. The molecule has 2 N–H and O–H groups in total. The second-order valence-electron chi connectivity index (χ2n) is 9.97. The smallest absolute Gasteiger partial charge is 0.348 e. The summed E-state index contributed by atoms with van der Waals surface area (Å²) >= 11 is 3.60. The summed E-state index contributed by atoms with van der Waals surface area (Å²) in [4.78, 5) is 33.3. The lowest BCUT2D eigenvalue weighted by Crippen LogP contribution is -2.42. The van der Waals surface area contributed by atoms with Crippen LogP contribution in [-0.4, -0.2) is 28.9 Å². The third kappa shape index (κ3) is 6.84. The first-order valence-electron chi connectivity index (χ1n) is 13.4. The van der Waals surface area contributed by atoms with Crippen LogP contribution < -0.4 is 16.3 Å². The van der Waals surface area contributed by atoms with Crippen molar-refractivity contribution in [2.45, 2.75) is 32.5 Å². The van der Waals surface area contributed by atoms with E-state index in [1.807, 2.05) is 104 Å². The van der Waals surface area contributed by atoms with Gasteiger partial charge in [0.25, 0.3) is 6.01 Å². The van der Waals surface area contributed by atoms with Gasteiger partial charge in [-0.2, -0.15) is 4.98 Å². The van der Waals surface area contributed by atoms with E-state index in [0.29, 0.717) is 34.9 Å². The predicted molar refractivity (Wildman–Crippen MR) is 167 cm³/mol. The van der Waals surface area contributed by atoms with Gasteiger partial charge in [0.15, 0.2) is 0 Å². The van der Waals surface area contributed by atoms with Gasteiger partial charge in [0.05, 0.1) is 10.9 Å². The Kier molecular flexibility index (Phi) is 8.79. The van der Waals surface area contributed by atoms with Crippen molar-refractivity contribution >= 4 is 44.4 Å². The van der Waals surface area contributed by atoms with E-state index in [9.17, 15) is 9.59 Å². The molecule has 0 aliphatic carbocycles. The summed E-state index contributed by atoms with van der Waals surface area (Å²) in [6, 6.07) is 30.8. The molecule has 0 aliphatic rings. The van der Waals surface area contributed by atoms with Crippen molar-refractivity contribution in [3.05, 3.63) is 134 Å². The van der Waals surface area contributed by atoms with Gasteiger partial charge in [0.2, 0.25) is 5.91 Å². The van der Waals surface area contributed by atoms with Crippen LogP contribution in [0.25, 0.3) is 10.9 Å². The number of benzene rings is 4. The lowest BCUT2D eigenvalue weighted by atomic mass is 10.0. The van der Waals surface area contributed by atoms with Crippen LogP contribution in [0.15, 0.2) is 111 Å². The van der Waals surface area contributed by atoms with Crippen molar-refractivity contribution in [1.29, 1.82) is 0 Å². The molecular formula is C33H31BrN4O3. The molecular weight excluding hydrogens is 580 g/mol. The highest BCUT2D eigenvalue weighted by atomic mass is 79.9. The number of nitrogens with one attached hydrogen (secondary N) is 2. The van der Waals surface area contributed by atoms with Crippen molar-refractivity contribution in [3.8, 4) is 0 Å². The molecule has 0 saturated heterocycles. The van der Waals surface area contributed by atoms with Crippen LogP contribution in [0.3, 0.4) is 0 Å². The second kappa shape index (κ2) is 12.8. The Morgan fingerprint density at radius 2 is 1.51 bits per heavy atom. The van der Waals surface area contributed by atoms with E-state index in [-0.39, 0.29) is 11.9 Å². The van der Waals surface area contributed by atoms with Gasteiger partial charge in [-0.1, -0.05) is 91.0 Å². The molecule has 0 radical (unpaired) electrons. The van der Waals surface area contributed by atoms with E-state index in [0.717, 1.165) is 27.9 Å². The minimum atomic E-state index is -0.703. The van der Waals surface area contributed by atoms with Gasteiger partial charge in [-0.15, -0.1) is 0 Å². The van der Waals surface area contributed by atoms with Gasteiger partial charge in [-0.25, -0.2) is 4.79 Å². The SMILES string of the molecule is Cc1c(NCc2ccccc2)cc(Br)c2nc(N[C@@H](Cc3ccccc3)C(=O)N(C)Cc3ccccc3)oc(=O)c12. The molecule has 0 aliphatic heterocycles. The number of carbonyl (C=O) groups excluding carboxylic acids is 1. The summed E-state index contributed by atoms with van der Waals surface area (Å²) in [7, 11) is 1.77. The number of carbonyl (C=O) groups is 1. The fourth-order valence-corrected chi connectivity index (χ4v) is 5.31. The summed E-state index contributed by atoms with van der Waals surface area (Å²) < 4.78 is 6.31. The summed E-state index contributed by atoms with van der Waals surface area (Å²) in [5.41, 5.74) is 4.61. The number of halogens is 1. The van der Waals surface area contributed by atoms with E-state index in [1.165, 1.54) is 0 Å². The van der Waals surface area contributed by atoms with Crippen LogP contribution >= 0.6 is 15.9 Å². The van der Waals surface area contributed by atoms with Crippen LogP contribution in [0.5, 0.6) is 0 Å². The maximum atomic E-state index is 13.7. The van der Waals surface area contributed by atoms with Gasteiger partial charge in [-0.3, -0.25) is 4.79 Å². The number of rotatable bonds is 10. The molecule has 0 fully saturated rings. The Morgan fingerprint density at radius 3 is 2.15 bits per heavy atom. The zero-order valence-corrected chi connectivity index (χ0v) is 24.5. The topological polar surface area (TPSA) is 87.5 Å². The van der Waals surface area contributed by atoms with E-state index < -0.39 is 11.7 Å². The standard InChI is InChI=1S/C33H31BrN4O3/c1-22-27(35-20-24-14-8-4-9-15-24)19-26(34)30-29(22)32(40)41-33(37-30)36-28(18-23-12-6-3-7-13-23)31(39)38(2)21-25-16-10-5-11-17-25/h3-17,19,28,35H,18,20-21H2,1-2H3,(H,36,37)/t28-/m0/s1. The monoisotopic (exact) mass is 610 g/mol. The van der Waals surface area contributed by atoms with Crippen molar-refractivity contribution in [1.82, 2.24) is 9.88 Å². The van der Waals surface area contributed by atoms with Gasteiger partial charge in [0.1, 0.15) is 6.04 Å². The normalized spacial score (nSPS) is 11.7. The number of aromatic nitrogens is 1. The van der Waals surface area contributed by atoms with Crippen LogP contribution in [0, 0.1) is 6.92 Å². The fourth-order valence-electron chi connectivity index (χ4n) is 4.80. The number of aryl methyl sites for hydroxylation is 1. The van der Waals surface area contributed by atoms with Crippen molar-refractivity contribution < 1.29 is 9.21 Å². The molecule has 4 aromatic carbocycles. The number of hydrogen-bond donors (Lipinski definition) is 2. The Balaban J connectivity index is 1.43. The molecule has 0 saturated carbocycles. The van der Waals surface area contributed by atoms with Gasteiger partial charge < -0.3 is 20.0 Å². The molecule has 1 atom stereocenters. The lowest BCUT2D eigenvalue weighted by molar-refractivity contribution is -0.131.